The maximum Gasteiger partial charge on any atom is 0.272 e. The van der Waals surface area contributed by atoms with Gasteiger partial charge in [-0.15, -0.1) is 11.3 Å². The normalized spacial score (nSPS) is 17.0. The molecule has 0 bridgehead atoms. The van der Waals surface area contributed by atoms with Crippen molar-refractivity contribution in [1.82, 2.24) is 8.87 Å². The Morgan fingerprint density at radius 2 is 1.92 bits per heavy atom. The van der Waals surface area contributed by atoms with Crippen molar-refractivity contribution in [2.24, 2.45) is 12.0 Å². The van der Waals surface area contributed by atoms with Crippen LogP contribution in [0, 0.1) is 0 Å². The quantitative estimate of drug-likeness (QED) is 0.732. The molecule has 1 fully saturated rings. The van der Waals surface area contributed by atoms with Crippen molar-refractivity contribution in [2.45, 2.75) is 4.90 Å². The van der Waals surface area contributed by atoms with Crippen LogP contribution in [0.4, 0.5) is 0 Å². The molecule has 0 N–H and O–H groups in total. The van der Waals surface area contributed by atoms with E-state index in [0.29, 0.717) is 31.1 Å². The van der Waals surface area contributed by atoms with E-state index in [1.54, 1.807) is 34.9 Å². The highest BCUT2D eigenvalue weighted by Gasteiger charge is 2.25. The molecular formula is C17H19N3O4S2. The van der Waals surface area contributed by atoms with E-state index < -0.39 is 10.0 Å². The summed E-state index contributed by atoms with van der Waals surface area (Å²) in [5.41, 5.74) is 0.727. The average Bonchev–Trinajstić information content (AvgIpc) is 3.06. The Hall–Kier alpha value is -2.07. The number of hydrogen-bond acceptors (Lipinski definition) is 5. The van der Waals surface area contributed by atoms with Crippen LogP contribution in [0.15, 0.2) is 51.8 Å². The first-order valence-electron chi connectivity index (χ1n) is 8.02. The van der Waals surface area contributed by atoms with Gasteiger partial charge in [-0.3, -0.25) is 4.79 Å². The van der Waals surface area contributed by atoms with Crippen molar-refractivity contribution in [2.75, 3.05) is 26.3 Å². The second-order valence-electron chi connectivity index (χ2n) is 5.67. The van der Waals surface area contributed by atoms with Crippen molar-refractivity contribution in [3.63, 3.8) is 0 Å². The number of benzene rings is 1. The Labute approximate surface area is 155 Å². The molecule has 0 spiro atoms. The van der Waals surface area contributed by atoms with Crippen molar-refractivity contribution in [3.05, 3.63) is 52.3 Å². The van der Waals surface area contributed by atoms with E-state index in [0.717, 1.165) is 5.56 Å². The number of aromatic nitrogens is 1. The number of aryl methyl sites for hydroxylation is 1. The van der Waals surface area contributed by atoms with Gasteiger partial charge in [-0.25, -0.2) is 8.42 Å². The molecule has 1 aromatic carbocycles. The van der Waals surface area contributed by atoms with Crippen LogP contribution >= 0.6 is 11.3 Å². The maximum atomic E-state index is 12.6. The molecule has 7 nitrogen and oxygen atoms in total. The molecule has 1 amide bonds. The second kappa shape index (κ2) is 8.09. The number of rotatable bonds is 4. The van der Waals surface area contributed by atoms with Crippen molar-refractivity contribution < 1.29 is 17.9 Å². The van der Waals surface area contributed by atoms with Gasteiger partial charge in [0, 0.05) is 37.8 Å². The Bertz CT molecular complexity index is 966. The molecule has 138 valence electrons. The maximum absolute atomic E-state index is 12.6. The lowest BCUT2D eigenvalue weighted by molar-refractivity contribution is -0.113. The van der Waals surface area contributed by atoms with Gasteiger partial charge in [-0.2, -0.15) is 9.30 Å². The number of ether oxygens (including phenoxy) is 1. The minimum absolute atomic E-state index is 0.234. The monoisotopic (exact) mass is 393 g/mol. The Kier molecular flexibility index (Phi) is 5.82. The third-order valence-corrected chi connectivity index (χ3v) is 6.63. The number of sulfonamides is 1. The fraction of sp³-hybridized carbons (Fsp3) is 0.294. The van der Waals surface area contributed by atoms with Gasteiger partial charge in [0.1, 0.15) is 0 Å². The average molecular weight is 393 g/mol. The summed E-state index contributed by atoms with van der Waals surface area (Å²) in [5.74, 6) is -0.368. The summed E-state index contributed by atoms with van der Waals surface area (Å²) in [5, 5.41) is 1.85. The molecule has 0 aliphatic carbocycles. The molecule has 0 radical (unpaired) electrons. The van der Waals surface area contributed by atoms with Crippen LogP contribution in [-0.2, 0) is 26.6 Å². The van der Waals surface area contributed by atoms with Crippen molar-refractivity contribution in [1.29, 1.82) is 0 Å². The second-order valence-corrected chi connectivity index (χ2v) is 8.48. The highest BCUT2D eigenvalue weighted by atomic mass is 32.2. The van der Waals surface area contributed by atoms with Gasteiger partial charge >= 0.3 is 0 Å². The summed E-state index contributed by atoms with van der Waals surface area (Å²) in [6, 6.07) is 6.43. The van der Waals surface area contributed by atoms with Gasteiger partial charge in [0.2, 0.25) is 10.0 Å². The van der Waals surface area contributed by atoms with Crippen LogP contribution in [0.5, 0.6) is 0 Å². The predicted molar refractivity (Wildman–Crippen MR) is 98.9 cm³/mol. The van der Waals surface area contributed by atoms with Crippen LogP contribution in [0.1, 0.15) is 5.56 Å². The number of hydrogen-bond donors (Lipinski definition) is 0. The molecule has 1 aliphatic heterocycles. The zero-order chi connectivity index (χ0) is 18.6. The van der Waals surface area contributed by atoms with Crippen LogP contribution in [0.25, 0.3) is 6.08 Å². The van der Waals surface area contributed by atoms with E-state index in [1.807, 2.05) is 18.6 Å². The van der Waals surface area contributed by atoms with Gasteiger partial charge in [0.05, 0.1) is 18.1 Å². The first-order chi connectivity index (χ1) is 12.5. The van der Waals surface area contributed by atoms with E-state index in [-0.39, 0.29) is 10.8 Å². The van der Waals surface area contributed by atoms with Gasteiger partial charge in [0.15, 0.2) is 4.80 Å². The molecule has 1 saturated heterocycles. The van der Waals surface area contributed by atoms with Crippen LogP contribution < -0.4 is 4.80 Å². The first kappa shape index (κ1) is 18.7. The molecule has 2 heterocycles. The van der Waals surface area contributed by atoms with E-state index in [1.165, 1.54) is 21.7 Å². The highest BCUT2D eigenvalue weighted by molar-refractivity contribution is 7.89. The summed E-state index contributed by atoms with van der Waals surface area (Å²) in [6.07, 6.45) is 4.81. The number of thiazole rings is 1. The topological polar surface area (TPSA) is 81.0 Å². The molecule has 9 heteroatoms. The number of carbonyl (C=O) groups excluding carboxylic acids is 1. The van der Waals surface area contributed by atoms with Crippen LogP contribution in [0.2, 0.25) is 0 Å². The number of carbonyl (C=O) groups is 1. The summed E-state index contributed by atoms with van der Waals surface area (Å²) in [4.78, 5) is 16.7. The van der Waals surface area contributed by atoms with Crippen LogP contribution in [-0.4, -0.2) is 49.5 Å². The summed E-state index contributed by atoms with van der Waals surface area (Å²) in [6.45, 7) is 1.54. The van der Waals surface area contributed by atoms with Crippen LogP contribution in [0.3, 0.4) is 0 Å². The summed E-state index contributed by atoms with van der Waals surface area (Å²) < 4.78 is 33.5. The predicted octanol–water partition coefficient (Wildman–Crippen LogP) is 1.25. The van der Waals surface area contributed by atoms with Gasteiger partial charge in [-0.1, -0.05) is 12.1 Å². The van der Waals surface area contributed by atoms with Crippen molar-refractivity contribution >= 4 is 33.3 Å². The Morgan fingerprint density at radius 1 is 1.23 bits per heavy atom. The molecule has 1 aliphatic rings. The van der Waals surface area contributed by atoms with E-state index in [9.17, 15) is 13.2 Å². The molecule has 2 aromatic rings. The fourth-order valence-corrected chi connectivity index (χ4v) is 4.56. The Morgan fingerprint density at radius 3 is 2.54 bits per heavy atom. The number of amides is 1. The highest BCUT2D eigenvalue weighted by Crippen LogP contribution is 2.18. The fourth-order valence-electron chi connectivity index (χ4n) is 2.42. The molecule has 0 atom stereocenters. The van der Waals surface area contributed by atoms with Gasteiger partial charge < -0.3 is 9.30 Å². The number of nitrogens with zero attached hydrogens (tertiary/aromatic N) is 3. The lowest BCUT2D eigenvalue weighted by Gasteiger charge is -2.26. The lowest BCUT2D eigenvalue weighted by Crippen LogP contribution is -2.40. The van der Waals surface area contributed by atoms with Gasteiger partial charge in [-0.05, 0) is 23.8 Å². The summed E-state index contributed by atoms with van der Waals surface area (Å²) in [7, 11) is -1.69. The molecule has 0 saturated carbocycles. The summed E-state index contributed by atoms with van der Waals surface area (Å²) >= 11 is 1.38. The van der Waals surface area contributed by atoms with E-state index in [4.69, 9.17) is 4.74 Å². The minimum Gasteiger partial charge on any atom is -0.379 e. The zero-order valence-electron chi connectivity index (χ0n) is 14.2. The molecule has 3 rings (SSSR count). The molecular weight excluding hydrogens is 374 g/mol. The first-order valence-corrected chi connectivity index (χ1v) is 10.3. The van der Waals surface area contributed by atoms with E-state index >= 15 is 0 Å². The largest absolute Gasteiger partial charge is 0.379 e. The standard InChI is InChI=1S/C17H19N3O4S2/c1-19-10-13-25-17(19)18-16(21)7-4-14-2-5-15(6-3-14)26(22,23)20-8-11-24-12-9-20/h2-7,10,13H,8-9,11-12H2,1H3/b7-4+,18-17?. The lowest BCUT2D eigenvalue weighted by atomic mass is 10.2. The molecule has 0 unspecified atom stereocenters. The smallest absolute Gasteiger partial charge is 0.272 e. The zero-order valence-corrected chi connectivity index (χ0v) is 15.9. The Balaban J connectivity index is 1.71. The number of morpholine rings is 1. The van der Waals surface area contributed by atoms with Gasteiger partial charge in [0.25, 0.3) is 5.91 Å². The third-order valence-electron chi connectivity index (χ3n) is 3.87. The van der Waals surface area contributed by atoms with E-state index in [2.05, 4.69) is 4.99 Å². The molecule has 1 aromatic heterocycles. The SMILES string of the molecule is Cn1ccsc1=NC(=O)/C=C/c1ccc(S(=O)(=O)N2CCOCC2)cc1. The molecule has 26 heavy (non-hydrogen) atoms. The van der Waals surface area contributed by atoms with Crippen molar-refractivity contribution in [3.8, 4) is 0 Å². The third kappa shape index (κ3) is 4.36. The minimum atomic E-state index is -3.51.